The highest BCUT2D eigenvalue weighted by Gasteiger charge is 2.15. The van der Waals surface area contributed by atoms with Crippen LogP contribution in [0.3, 0.4) is 0 Å². The minimum atomic E-state index is 0.117. The molecule has 21 heavy (non-hydrogen) atoms. The van der Waals surface area contributed by atoms with E-state index >= 15 is 0 Å². The van der Waals surface area contributed by atoms with Crippen LogP contribution in [0.25, 0.3) is 0 Å². The summed E-state index contributed by atoms with van der Waals surface area (Å²) in [5.74, 6) is 1.70. The first-order valence-electron chi connectivity index (χ1n) is 7.30. The molecule has 0 bridgehead atoms. The van der Waals surface area contributed by atoms with Gasteiger partial charge >= 0.3 is 0 Å². The lowest BCUT2D eigenvalue weighted by molar-refractivity contribution is -0.124. The zero-order chi connectivity index (χ0) is 15.2. The lowest BCUT2D eigenvalue weighted by Gasteiger charge is -2.26. The highest BCUT2D eigenvalue weighted by atomic mass is 16.2. The zero-order valence-corrected chi connectivity index (χ0v) is 13.0. The van der Waals surface area contributed by atoms with Gasteiger partial charge in [0.1, 0.15) is 5.82 Å². The third kappa shape index (κ3) is 4.56. The normalized spacial score (nSPS) is 15.7. The van der Waals surface area contributed by atoms with Crippen molar-refractivity contribution in [2.24, 2.45) is 0 Å². The van der Waals surface area contributed by atoms with Gasteiger partial charge in [-0.25, -0.2) is 4.98 Å². The van der Waals surface area contributed by atoms with Crippen molar-refractivity contribution in [1.29, 1.82) is 0 Å². The predicted octanol–water partition coefficient (Wildman–Crippen LogP) is 0.0848. The van der Waals surface area contributed by atoms with Gasteiger partial charge in [-0.05, 0) is 13.3 Å². The van der Waals surface area contributed by atoms with Crippen molar-refractivity contribution in [2.75, 3.05) is 57.0 Å². The highest BCUT2D eigenvalue weighted by molar-refractivity contribution is 5.78. The van der Waals surface area contributed by atoms with E-state index in [-0.39, 0.29) is 5.91 Å². The van der Waals surface area contributed by atoms with E-state index < -0.39 is 0 Å². The van der Waals surface area contributed by atoms with Gasteiger partial charge in [-0.3, -0.25) is 9.69 Å². The molecule has 1 aliphatic heterocycles. The van der Waals surface area contributed by atoms with Crippen LogP contribution in [0.5, 0.6) is 0 Å². The number of rotatable bonds is 6. The molecule has 7 heteroatoms. The summed E-state index contributed by atoms with van der Waals surface area (Å²) in [4.78, 5) is 24.2. The Morgan fingerprint density at radius 2 is 2.29 bits per heavy atom. The number of carbonyl (C=O) groups is 1. The van der Waals surface area contributed by atoms with Crippen LogP contribution in [0.4, 0.5) is 11.8 Å². The van der Waals surface area contributed by atoms with Crippen LogP contribution >= 0.6 is 0 Å². The van der Waals surface area contributed by atoms with E-state index in [1.54, 1.807) is 0 Å². The van der Waals surface area contributed by atoms with Crippen LogP contribution < -0.4 is 15.5 Å². The minimum Gasteiger partial charge on any atom is -0.362 e. The van der Waals surface area contributed by atoms with Gasteiger partial charge in [0, 0.05) is 52.0 Å². The lowest BCUT2D eigenvalue weighted by atomic mass is 10.3. The number of aryl methyl sites for hydroxylation is 1. The number of amides is 1. The summed E-state index contributed by atoms with van der Waals surface area (Å²) in [6.07, 6.45) is 2.79. The average Bonchev–Trinajstić information content (AvgIpc) is 2.45. The molecule has 1 aliphatic rings. The summed E-state index contributed by atoms with van der Waals surface area (Å²) >= 11 is 0. The summed E-state index contributed by atoms with van der Waals surface area (Å²) in [5, 5.41) is 6.07. The number of hydrogen-bond donors (Lipinski definition) is 2. The van der Waals surface area contributed by atoms with E-state index in [9.17, 15) is 4.79 Å². The summed E-state index contributed by atoms with van der Waals surface area (Å²) < 4.78 is 0. The number of hydrogen-bond acceptors (Lipinski definition) is 6. The molecule has 2 N–H and O–H groups in total. The third-order valence-corrected chi connectivity index (χ3v) is 3.42. The van der Waals surface area contributed by atoms with Gasteiger partial charge in [0.05, 0.1) is 6.54 Å². The largest absolute Gasteiger partial charge is 0.362 e. The Bertz CT molecular complexity index is 490. The third-order valence-electron chi connectivity index (χ3n) is 3.42. The van der Waals surface area contributed by atoms with E-state index in [1.165, 1.54) is 0 Å². The van der Waals surface area contributed by atoms with Crippen molar-refractivity contribution in [3.05, 3.63) is 11.8 Å². The van der Waals surface area contributed by atoms with Crippen LogP contribution in [0.15, 0.2) is 6.20 Å². The molecule has 0 spiro atoms. The van der Waals surface area contributed by atoms with Crippen LogP contribution in [0, 0.1) is 6.92 Å². The Balaban J connectivity index is 1.76. The Hall–Kier alpha value is -1.89. The maximum absolute atomic E-state index is 11.3. The van der Waals surface area contributed by atoms with Crippen molar-refractivity contribution >= 4 is 17.7 Å². The molecular weight excluding hydrogens is 268 g/mol. The number of carbonyl (C=O) groups excluding carboxylic acids is 1. The maximum atomic E-state index is 11.3. The van der Waals surface area contributed by atoms with Gasteiger partial charge in [0.2, 0.25) is 11.9 Å². The van der Waals surface area contributed by atoms with Crippen molar-refractivity contribution in [1.82, 2.24) is 20.2 Å². The number of piperazine rings is 1. The van der Waals surface area contributed by atoms with Gasteiger partial charge in [-0.15, -0.1) is 0 Å². The summed E-state index contributed by atoms with van der Waals surface area (Å²) in [7, 11) is 3.95. The van der Waals surface area contributed by atoms with E-state index in [0.29, 0.717) is 12.5 Å². The van der Waals surface area contributed by atoms with Gasteiger partial charge < -0.3 is 15.5 Å². The minimum absolute atomic E-state index is 0.117. The monoisotopic (exact) mass is 292 g/mol. The van der Waals surface area contributed by atoms with Gasteiger partial charge in [0.15, 0.2) is 0 Å². The molecule has 2 rings (SSSR count). The quantitative estimate of drug-likeness (QED) is 0.724. The van der Waals surface area contributed by atoms with Crippen LogP contribution in [0.2, 0.25) is 0 Å². The second-order valence-corrected chi connectivity index (χ2v) is 5.50. The first kappa shape index (κ1) is 15.5. The van der Waals surface area contributed by atoms with E-state index in [4.69, 9.17) is 0 Å². The van der Waals surface area contributed by atoms with Crippen LogP contribution in [0.1, 0.15) is 12.0 Å². The molecule has 2 heterocycles. The first-order chi connectivity index (χ1) is 10.1. The summed E-state index contributed by atoms with van der Waals surface area (Å²) in [6, 6.07) is 0. The molecule has 7 nitrogen and oxygen atoms in total. The van der Waals surface area contributed by atoms with Crippen molar-refractivity contribution < 1.29 is 4.79 Å². The average molecular weight is 292 g/mol. The standard InChI is InChI=1S/C14H24N6O/c1-11-9-17-14(18-13(11)19(2)3)16-5-4-7-20-8-6-15-12(21)10-20/h9H,4-8,10H2,1-3H3,(H,15,21)(H,16,17,18). The highest BCUT2D eigenvalue weighted by Crippen LogP contribution is 2.14. The molecule has 1 aromatic rings. The van der Waals surface area contributed by atoms with E-state index in [0.717, 1.165) is 44.0 Å². The zero-order valence-electron chi connectivity index (χ0n) is 13.0. The second-order valence-electron chi connectivity index (χ2n) is 5.50. The summed E-state index contributed by atoms with van der Waals surface area (Å²) in [6.45, 7) is 5.89. The number of nitrogens with one attached hydrogen (secondary N) is 2. The molecule has 0 radical (unpaired) electrons. The molecule has 1 amide bonds. The first-order valence-corrected chi connectivity index (χ1v) is 7.30. The molecule has 0 saturated carbocycles. The van der Waals surface area contributed by atoms with Crippen molar-refractivity contribution in [3.8, 4) is 0 Å². The van der Waals surface area contributed by atoms with Crippen LogP contribution in [-0.2, 0) is 4.79 Å². The van der Waals surface area contributed by atoms with E-state index in [2.05, 4.69) is 25.5 Å². The topological polar surface area (TPSA) is 73.4 Å². The molecule has 1 aromatic heterocycles. The molecule has 1 saturated heterocycles. The van der Waals surface area contributed by atoms with Crippen molar-refractivity contribution in [2.45, 2.75) is 13.3 Å². The summed E-state index contributed by atoms with van der Waals surface area (Å²) in [5.41, 5.74) is 1.06. The predicted molar refractivity (Wildman–Crippen MR) is 83.7 cm³/mol. The van der Waals surface area contributed by atoms with Gasteiger partial charge in [0.25, 0.3) is 0 Å². The molecule has 0 aromatic carbocycles. The smallest absolute Gasteiger partial charge is 0.234 e. The Morgan fingerprint density at radius 3 is 3.00 bits per heavy atom. The van der Waals surface area contributed by atoms with Crippen LogP contribution in [-0.4, -0.2) is 67.6 Å². The van der Waals surface area contributed by atoms with Crippen molar-refractivity contribution in [3.63, 3.8) is 0 Å². The SMILES string of the molecule is Cc1cnc(NCCCN2CCNC(=O)C2)nc1N(C)C. The fourth-order valence-electron chi connectivity index (χ4n) is 2.36. The lowest BCUT2D eigenvalue weighted by Crippen LogP contribution is -2.47. The Labute approximate surface area is 125 Å². The second kappa shape index (κ2) is 7.21. The maximum Gasteiger partial charge on any atom is 0.234 e. The Kier molecular flexibility index (Phi) is 5.32. The molecular formula is C14H24N6O. The van der Waals surface area contributed by atoms with Gasteiger partial charge in [-0.1, -0.05) is 0 Å². The molecule has 0 atom stereocenters. The molecule has 0 unspecified atom stereocenters. The fourth-order valence-corrected chi connectivity index (χ4v) is 2.36. The number of aromatic nitrogens is 2. The number of anilines is 2. The molecule has 0 aliphatic carbocycles. The van der Waals surface area contributed by atoms with E-state index in [1.807, 2.05) is 32.1 Å². The fraction of sp³-hybridized carbons (Fsp3) is 0.643. The molecule has 1 fully saturated rings. The Morgan fingerprint density at radius 1 is 1.48 bits per heavy atom. The number of nitrogens with zero attached hydrogens (tertiary/aromatic N) is 4. The molecule has 116 valence electrons. The van der Waals surface area contributed by atoms with Gasteiger partial charge in [-0.2, -0.15) is 4.98 Å².